The van der Waals surface area contributed by atoms with Gasteiger partial charge >= 0.3 is 0 Å². The van der Waals surface area contributed by atoms with Gasteiger partial charge in [0.25, 0.3) is 5.91 Å². The number of nitrogens with zero attached hydrogens (tertiary/aromatic N) is 1. The Morgan fingerprint density at radius 3 is 2.48 bits per heavy atom. The van der Waals surface area contributed by atoms with Gasteiger partial charge < -0.3 is 0 Å². The molecule has 0 spiro atoms. The monoisotopic (exact) mass is 386 g/mol. The third kappa shape index (κ3) is 5.74. The van der Waals surface area contributed by atoms with Gasteiger partial charge in [0.15, 0.2) is 0 Å². The van der Waals surface area contributed by atoms with Gasteiger partial charge in [-0.25, -0.2) is 5.43 Å². The van der Waals surface area contributed by atoms with E-state index in [-0.39, 0.29) is 11.2 Å². The maximum absolute atomic E-state index is 12.0. The summed E-state index contributed by atoms with van der Waals surface area (Å²) in [6.07, 6.45) is 1.51. The second-order valence-corrected chi connectivity index (χ2v) is 7.29. The molecule has 0 bridgehead atoms. The van der Waals surface area contributed by atoms with Gasteiger partial charge in [-0.3, -0.25) is 4.79 Å². The van der Waals surface area contributed by atoms with Crippen LogP contribution in [-0.4, -0.2) is 17.4 Å². The zero-order valence-corrected chi connectivity index (χ0v) is 15.2. The normalized spacial score (nSPS) is 12.3. The van der Waals surface area contributed by atoms with Crippen LogP contribution in [0.15, 0.2) is 52.5 Å². The molecule has 0 saturated carbocycles. The molecule has 7 heteroatoms. The number of hydrogen-bond donors (Lipinski definition) is 1. The fourth-order valence-electron chi connectivity index (χ4n) is 1.62. The fraction of sp³-hybridized carbons (Fsp3) is 0.125. The number of halogens is 3. The summed E-state index contributed by atoms with van der Waals surface area (Å²) < 4.78 is 0. The molecule has 0 heterocycles. The first-order chi connectivity index (χ1) is 11.0. The molecule has 1 atom stereocenters. The average molecular weight is 388 g/mol. The Labute approximate surface area is 154 Å². The molecule has 3 nitrogen and oxygen atoms in total. The highest BCUT2D eigenvalue weighted by molar-refractivity contribution is 8.00. The lowest BCUT2D eigenvalue weighted by Gasteiger charge is -2.09. The van der Waals surface area contributed by atoms with Crippen molar-refractivity contribution in [2.24, 2.45) is 5.10 Å². The average Bonchev–Trinajstić information content (AvgIpc) is 2.53. The number of carbonyl (C=O) groups is 1. The molecule has 2 aromatic carbocycles. The minimum atomic E-state index is -0.290. The van der Waals surface area contributed by atoms with Crippen molar-refractivity contribution in [3.63, 3.8) is 0 Å². The molecule has 0 radical (unpaired) electrons. The van der Waals surface area contributed by atoms with E-state index < -0.39 is 0 Å². The smallest absolute Gasteiger partial charge is 0.253 e. The molecule has 0 unspecified atom stereocenters. The van der Waals surface area contributed by atoms with E-state index in [4.69, 9.17) is 34.8 Å². The van der Waals surface area contributed by atoms with Gasteiger partial charge in [-0.15, -0.1) is 11.8 Å². The lowest BCUT2D eigenvalue weighted by atomic mass is 10.2. The largest absolute Gasteiger partial charge is 0.272 e. The number of amides is 1. The summed E-state index contributed by atoms with van der Waals surface area (Å²) in [5.41, 5.74) is 3.25. The second-order valence-electron chi connectivity index (χ2n) is 4.62. The van der Waals surface area contributed by atoms with Crippen LogP contribution in [0.4, 0.5) is 0 Å². The van der Waals surface area contributed by atoms with E-state index >= 15 is 0 Å². The third-order valence-electron chi connectivity index (χ3n) is 2.83. The molecule has 1 amide bonds. The van der Waals surface area contributed by atoms with Crippen molar-refractivity contribution < 1.29 is 4.79 Å². The molecule has 120 valence electrons. The Hall–Kier alpha value is -1.20. The molecule has 0 aliphatic carbocycles. The van der Waals surface area contributed by atoms with Crippen LogP contribution in [0, 0.1) is 0 Å². The Morgan fingerprint density at radius 1 is 1.13 bits per heavy atom. The minimum absolute atomic E-state index is 0.193. The highest BCUT2D eigenvalue weighted by Gasteiger charge is 2.13. The van der Waals surface area contributed by atoms with Crippen LogP contribution in [0.5, 0.6) is 0 Å². The van der Waals surface area contributed by atoms with Crippen LogP contribution >= 0.6 is 46.6 Å². The van der Waals surface area contributed by atoms with Crippen molar-refractivity contribution in [2.45, 2.75) is 17.1 Å². The van der Waals surface area contributed by atoms with E-state index in [9.17, 15) is 4.79 Å². The highest BCUT2D eigenvalue weighted by atomic mass is 35.5. The SMILES string of the molecule is C[C@@H](Sc1ccc(Cl)cc1)C(=O)N/N=C\c1ccc(Cl)c(Cl)c1. The topological polar surface area (TPSA) is 41.5 Å². The standard InChI is InChI=1S/C16H13Cl3N2OS/c1-10(23-13-5-3-12(17)4-6-13)16(22)21-20-9-11-2-7-14(18)15(19)8-11/h2-10H,1H3,(H,21,22)/b20-9-/t10-/m1/s1. The minimum Gasteiger partial charge on any atom is -0.272 e. The summed E-state index contributed by atoms with van der Waals surface area (Å²) in [5, 5.41) is 5.21. The van der Waals surface area contributed by atoms with Crippen LogP contribution in [-0.2, 0) is 4.79 Å². The predicted octanol–water partition coefficient (Wildman–Crippen LogP) is 5.28. The van der Waals surface area contributed by atoms with Crippen LogP contribution in [0.1, 0.15) is 12.5 Å². The van der Waals surface area contributed by atoms with E-state index in [2.05, 4.69) is 10.5 Å². The van der Waals surface area contributed by atoms with Crippen molar-refractivity contribution in [2.75, 3.05) is 0 Å². The van der Waals surface area contributed by atoms with Crippen molar-refractivity contribution in [3.05, 3.63) is 63.1 Å². The van der Waals surface area contributed by atoms with Gasteiger partial charge in [-0.2, -0.15) is 5.10 Å². The van der Waals surface area contributed by atoms with Gasteiger partial charge in [-0.1, -0.05) is 40.9 Å². The molecule has 2 rings (SSSR count). The van der Waals surface area contributed by atoms with E-state index in [1.807, 2.05) is 19.1 Å². The number of thioether (sulfide) groups is 1. The molecule has 0 aliphatic rings. The van der Waals surface area contributed by atoms with Crippen molar-refractivity contribution in [1.82, 2.24) is 5.43 Å². The quantitative estimate of drug-likeness (QED) is 0.431. The van der Waals surface area contributed by atoms with Gasteiger partial charge in [-0.05, 0) is 48.9 Å². The van der Waals surface area contributed by atoms with Gasteiger partial charge in [0.2, 0.25) is 0 Å². The van der Waals surface area contributed by atoms with Crippen molar-refractivity contribution in [3.8, 4) is 0 Å². The first-order valence-electron chi connectivity index (χ1n) is 6.66. The van der Waals surface area contributed by atoms with Crippen molar-refractivity contribution in [1.29, 1.82) is 0 Å². The van der Waals surface area contributed by atoms with Gasteiger partial charge in [0, 0.05) is 9.92 Å². The number of hydrogen-bond acceptors (Lipinski definition) is 3. The summed E-state index contributed by atoms with van der Waals surface area (Å²) in [7, 11) is 0. The van der Waals surface area contributed by atoms with Gasteiger partial charge in [0.05, 0.1) is 21.5 Å². The maximum atomic E-state index is 12.0. The van der Waals surface area contributed by atoms with Gasteiger partial charge in [0.1, 0.15) is 0 Å². The van der Waals surface area contributed by atoms with E-state index in [0.717, 1.165) is 10.5 Å². The Bertz CT molecular complexity index is 720. The lowest BCUT2D eigenvalue weighted by molar-refractivity contribution is -0.120. The van der Waals surface area contributed by atoms with Crippen LogP contribution in [0.2, 0.25) is 15.1 Å². The summed E-state index contributed by atoms with van der Waals surface area (Å²) in [5.74, 6) is -0.193. The molecular formula is C16H13Cl3N2OS. The van der Waals surface area contributed by atoms with E-state index in [0.29, 0.717) is 15.1 Å². The number of benzene rings is 2. The summed E-state index contributed by atoms with van der Waals surface area (Å²) in [6, 6.07) is 12.4. The fourth-order valence-corrected chi connectivity index (χ4v) is 2.92. The summed E-state index contributed by atoms with van der Waals surface area (Å²) in [6.45, 7) is 1.81. The Balaban J connectivity index is 1.89. The van der Waals surface area contributed by atoms with Crippen LogP contribution in [0.3, 0.4) is 0 Å². The highest BCUT2D eigenvalue weighted by Crippen LogP contribution is 2.25. The maximum Gasteiger partial charge on any atom is 0.253 e. The van der Waals surface area contributed by atoms with Crippen LogP contribution < -0.4 is 5.43 Å². The zero-order valence-electron chi connectivity index (χ0n) is 12.1. The molecule has 0 saturated heterocycles. The lowest BCUT2D eigenvalue weighted by Crippen LogP contribution is -2.26. The van der Waals surface area contributed by atoms with Crippen LogP contribution in [0.25, 0.3) is 0 Å². The van der Waals surface area contributed by atoms with E-state index in [1.165, 1.54) is 18.0 Å². The Kier molecular flexibility index (Phi) is 6.78. The molecule has 2 aromatic rings. The first-order valence-corrected chi connectivity index (χ1v) is 8.67. The van der Waals surface area contributed by atoms with Crippen molar-refractivity contribution >= 4 is 58.7 Å². The molecule has 23 heavy (non-hydrogen) atoms. The number of hydrazone groups is 1. The molecular weight excluding hydrogens is 375 g/mol. The predicted molar refractivity (Wildman–Crippen MR) is 99.0 cm³/mol. The molecule has 0 fully saturated rings. The first kappa shape index (κ1) is 18.1. The Morgan fingerprint density at radius 2 is 1.83 bits per heavy atom. The molecule has 0 aliphatic heterocycles. The number of nitrogens with one attached hydrogen (secondary N) is 1. The molecule has 1 N–H and O–H groups in total. The second kappa shape index (κ2) is 8.60. The number of carbonyl (C=O) groups excluding carboxylic acids is 1. The molecule has 0 aromatic heterocycles. The summed E-state index contributed by atoms with van der Waals surface area (Å²) in [4.78, 5) is 13.0. The zero-order chi connectivity index (χ0) is 16.8. The summed E-state index contributed by atoms with van der Waals surface area (Å²) >= 11 is 19.0. The number of rotatable bonds is 5. The van der Waals surface area contributed by atoms with E-state index in [1.54, 1.807) is 30.3 Å². The third-order valence-corrected chi connectivity index (χ3v) is 4.93.